The SMILES string of the molecule is CCCN(CCBr)C(=O)C1CC1C. The second-order valence-electron chi connectivity index (χ2n) is 3.83. The minimum atomic E-state index is 0.339. The summed E-state index contributed by atoms with van der Waals surface area (Å²) in [7, 11) is 0. The maximum Gasteiger partial charge on any atom is 0.225 e. The number of rotatable bonds is 5. The van der Waals surface area contributed by atoms with E-state index in [9.17, 15) is 4.79 Å². The lowest BCUT2D eigenvalue weighted by molar-refractivity contribution is -0.132. The van der Waals surface area contributed by atoms with Gasteiger partial charge in [0.2, 0.25) is 5.91 Å². The van der Waals surface area contributed by atoms with Gasteiger partial charge in [-0.3, -0.25) is 4.79 Å². The van der Waals surface area contributed by atoms with Crippen LogP contribution in [-0.2, 0) is 4.79 Å². The lowest BCUT2D eigenvalue weighted by Gasteiger charge is -2.20. The van der Waals surface area contributed by atoms with E-state index in [1.54, 1.807) is 0 Å². The molecule has 0 aliphatic heterocycles. The highest BCUT2D eigenvalue weighted by atomic mass is 79.9. The normalized spacial score (nSPS) is 25.8. The Morgan fingerprint density at radius 1 is 1.54 bits per heavy atom. The first kappa shape index (κ1) is 11.0. The summed E-state index contributed by atoms with van der Waals surface area (Å²) in [6.45, 7) is 6.04. The van der Waals surface area contributed by atoms with Crippen LogP contribution in [0.25, 0.3) is 0 Å². The fourth-order valence-corrected chi connectivity index (χ4v) is 2.03. The quantitative estimate of drug-likeness (QED) is 0.683. The highest BCUT2D eigenvalue weighted by Crippen LogP contribution is 2.39. The molecule has 1 aliphatic rings. The number of carbonyl (C=O) groups excluding carboxylic acids is 1. The Hall–Kier alpha value is -0.0500. The van der Waals surface area contributed by atoms with E-state index >= 15 is 0 Å². The van der Waals surface area contributed by atoms with E-state index in [1.807, 2.05) is 4.90 Å². The van der Waals surface area contributed by atoms with E-state index < -0.39 is 0 Å². The largest absolute Gasteiger partial charge is 0.342 e. The van der Waals surface area contributed by atoms with Crippen LogP contribution >= 0.6 is 15.9 Å². The van der Waals surface area contributed by atoms with Crippen LogP contribution in [0.2, 0.25) is 0 Å². The summed E-state index contributed by atoms with van der Waals surface area (Å²) in [6, 6.07) is 0. The van der Waals surface area contributed by atoms with Gasteiger partial charge in [-0.05, 0) is 18.8 Å². The zero-order valence-corrected chi connectivity index (χ0v) is 10.0. The Morgan fingerprint density at radius 2 is 2.15 bits per heavy atom. The lowest BCUT2D eigenvalue weighted by Crippen LogP contribution is -2.34. The van der Waals surface area contributed by atoms with Crippen molar-refractivity contribution in [3.63, 3.8) is 0 Å². The van der Waals surface area contributed by atoms with E-state index in [1.165, 1.54) is 0 Å². The maximum absolute atomic E-state index is 11.8. The Labute approximate surface area is 88.8 Å². The summed E-state index contributed by atoms with van der Waals surface area (Å²) in [5.41, 5.74) is 0. The predicted octanol–water partition coefficient (Wildman–Crippen LogP) is 2.28. The number of hydrogen-bond donors (Lipinski definition) is 0. The topological polar surface area (TPSA) is 20.3 Å². The zero-order chi connectivity index (χ0) is 9.84. The molecule has 13 heavy (non-hydrogen) atoms. The smallest absolute Gasteiger partial charge is 0.225 e. The van der Waals surface area contributed by atoms with Gasteiger partial charge in [0.1, 0.15) is 0 Å². The summed E-state index contributed by atoms with van der Waals surface area (Å²) in [5, 5.41) is 0.889. The Balaban J connectivity index is 2.38. The van der Waals surface area contributed by atoms with Crippen LogP contribution in [0.3, 0.4) is 0 Å². The molecule has 2 atom stereocenters. The Morgan fingerprint density at radius 3 is 2.54 bits per heavy atom. The molecule has 2 nitrogen and oxygen atoms in total. The van der Waals surface area contributed by atoms with E-state index in [2.05, 4.69) is 29.8 Å². The standard InChI is InChI=1S/C10H18BrNO/c1-3-5-12(6-4-11)10(13)9-7-8(9)2/h8-9H,3-7H2,1-2H3. The van der Waals surface area contributed by atoms with Gasteiger partial charge in [-0.15, -0.1) is 0 Å². The van der Waals surface area contributed by atoms with Gasteiger partial charge in [0.15, 0.2) is 0 Å². The van der Waals surface area contributed by atoms with Crippen molar-refractivity contribution in [2.75, 3.05) is 18.4 Å². The van der Waals surface area contributed by atoms with Crippen LogP contribution in [0.1, 0.15) is 26.7 Å². The molecule has 1 amide bonds. The molecule has 0 aromatic rings. The van der Waals surface area contributed by atoms with E-state index in [0.717, 1.165) is 31.3 Å². The van der Waals surface area contributed by atoms with Crippen molar-refractivity contribution in [2.45, 2.75) is 26.7 Å². The lowest BCUT2D eigenvalue weighted by atomic mass is 10.3. The summed E-state index contributed by atoms with van der Waals surface area (Å²) < 4.78 is 0. The van der Waals surface area contributed by atoms with Crippen LogP contribution < -0.4 is 0 Å². The third-order valence-electron chi connectivity index (χ3n) is 2.59. The minimum absolute atomic E-state index is 0.339. The first-order chi connectivity index (χ1) is 6.20. The molecule has 1 fully saturated rings. The molecule has 0 spiro atoms. The molecule has 0 N–H and O–H groups in total. The highest BCUT2D eigenvalue weighted by molar-refractivity contribution is 9.09. The summed E-state index contributed by atoms with van der Waals surface area (Å²) in [4.78, 5) is 13.8. The van der Waals surface area contributed by atoms with E-state index in [0.29, 0.717) is 17.7 Å². The van der Waals surface area contributed by atoms with Gasteiger partial charge in [-0.1, -0.05) is 29.8 Å². The molecule has 0 radical (unpaired) electrons. The summed E-state index contributed by atoms with van der Waals surface area (Å²) in [6.07, 6.45) is 2.15. The fraction of sp³-hybridized carbons (Fsp3) is 0.900. The molecular formula is C10H18BrNO. The molecule has 76 valence electrons. The van der Waals surface area contributed by atoms with Crippen LogP contribution in [0.15, 0.2) is 0 Å². The second-order valence-corrected chi connectivity index (χ2v) is 4.63. The van der Waals surface area contributed by atoms with Crippen molar-refractivity contribution in [1.82, 2.24) is 4.90 Å². The number of nitrogens with zero attached hydrogens (tertiary/aromatic N) is 1. The molecule has 0 bridgehead atoms. The molecule has 0 aromatic carbocycles. The van der Waals surface area contributed by atoms with Crippen LogP contribution in [0.5, 0.6) is 0 Å². The van der Waals surface area contributed by atoms with Crippen molar-refractivity contribution in [1.29, 1.82) is 0 Å². The second kappa shape index (κ2) is 4.99. The van der Waals surface area contributed by atoms with Gasteiger partial charge in [-0.2, -0.15) is 0 Å². The van der Waals surface area contributed by atoms with Crippen molar-refractivity contribution in [3.8, 4) is 0 Å². The molecule has 3 heteroatoms. The third-order valence-corrected chi connectivity index (χ3v) is 2.94. The zero-order valence-electron chi connectivity index (χ0n) is 8.42. The summed E-state index contributed by atoms with van der Waals surface area (Å²) >= 11 is 3.38. The number of alkyl halides is 1. The molecule has 0 heterocycles. The number of halogens is 1. The molecule has 0 aromatic heterocycles. The van der Waals surface area contributed by atoms with Crippen molar-refractivity contribution < 1.29 is 4.79 Å². The van der Waals surface area contributed by atoms with Crippen LogP contribution in [0, 0.1) is 11.8 Å². The van der Waals surface area contributed by atoms with Crippen molar-refractivity contribution >= 4 is 21.8 Å². The fourth-order valence-electron chi connectivity index (χ4n) is 1.60. The van der Waals surface area contributed by atoms with Crippen molar-refractivity contribution in [3.05, 3.63) is 0 Å². The average molecular weight is 248 g/mol. The van der Waals surface area contributed by atoms with E-state index in [4.69, 9.17) is 0 Å². The average Bonchev–Trinajstić information content (AvgIpc) is 2.81. The molecule has 1 rings (SSSR count). The van der Waals surface area contributed by atoms with Gasteiger partial charge in [0.25, 0.3) is 0 Å². The molecule has 1 aliphatic carbocycles. The predicted molar refractivity (Wildman–Crippen MR) is 57.9 cm³/mol. The van der Waals surface area contributed by atoms with Gasteiger partial charge in [-0.25, -0.2) is 0 Å². The first-order valence-corrected chi connectivity index (χ1v) is 6.17. The van der Waals surface area contributed by atoms with Crippen LogP contribution in [-0.4, -0.2) is 29.2 Å². The highest BCUT2D eigenvalue weighted by Gasteiger charge is 2.40. The number of carbonyl (C=O) groups is 1. The molecule has 1 saturated carbocycles. The molecule has 0 saturated heterocycles. The molecular weight excluding hydrogens is 230 g/mol. The summed E-state index contributed by atoms with van der Waals surface area (Å²) in [5.74, 6) is 1.33. The van der Waals surface area contributed by atoms with Crippen molar-refractivity contribution in [2.24, 2.45) is 11.8 Å². The monoisotopic (exact) mass is 247 g/mol. The Kier molecular flexibility index (Phi) is 4.23. The van der Waals surface area contributed by atoms with Gasteiger partial charge < -0.3 is 4.90 Å². The third kappa shape index (κ3) is 2.97. The number of amides is 1. The first-order valence-electron chi connectivity index (χ1n) is 5.05. The number of hydrogen-bond acceptors (Lipinski definition) is 1. The van der Waals surface area contributed by atoms with Gasteiger partial charge >= 0.3 is 0 Å². The van der Waals surface area contributed by atoms with Crippen LogP contribution in [0.4, 0.5) is 0 Å². The minimum Gasteiger partial charge on any atom is -0.342 e. The molecule has 2 unspecified atom stereocenters. The Bertz CT molecular complexity index is 178. The maximum atomic E-state index is 11.8. The van der Waals surface area contributed by atoms with E-state index in [-0.39, 0.29) is 0 Å². The van der Waals surface area contributed by atoms with Gasteiger partial charge in [0.05, 0.1) is 0 Å². The van der Waals surface area contributed by atoms with Gasteiger partial charge in [0, 0.05) is 24.3 Å².